The van der Waals surface area contributed by atoms with Gasteiger partial charge in [-0.3, -0.25) is 0 Å². The molecular weight excluding hydrogens is 276 g/mol. The Kier molecular flexibility index (Phi) is 2.60. The molecule has 0 aromatic rings. The number of aliphatic hydroxyl groups excluding tert-OH is 1. The minimum absolute atomic E-state index is 0.217. The summed E-state index contributed by atoms with van der Waals surface area (Å²) >= 11 is 0. The van der Waals surface area contributed by atoms with Gasteiger partial charge in [0.2, 0.25) is 0 Å². The summed E-state index contributed by atoms with van der Waals surface area (Å²) in [5.41, 5.74) is -1.31. The monoisotopic (exact) mass is 300 g/mol. The maximum absolute atomic E-state index is 10.7. The molecule has 0 aromatic carbocycles. The first-order chi connectivity index (χ1) is 9.66. The minimum atomic E-state index is -0.745. The fourth-order valence-electron chi connectivity index (χ4n) is 4.30. The molecule has 6 heteroatoms. The normalized spacial score (nSPS) is 56.3. The highest BCUT2D eigenvalue weighted by Crippen LogP contribution is 2.61. The second kappa shape index (κ2) is 3.80. The van der Waals surface area contributed by atoms with E-state index in [1.807, 2.05) is 34.6 Å². The first-order valence-corrected chi connectivity index (χ1v) is 7.71. The van der Waals surface area contributed by atoms with Crippen molar-refractivity contribution in [2.24, 2.45) is 0 Å². The van der Waals surface area contributed by atoms with Gasteiger partial charge in [0.25, 0.3) is 0 Å². The van der Waals surface area contributed by atoms with Crippen LogP contribution in [0.1, 0.15) is 41.0 Å². The molecule has 6 atom stereocenters. The second-order valence-corrected chi connectivity index (χ2v) is 7.52. The van der Waals surface area contributed by atoms with Gasteiger partial charge in [0.05, 0.1) is 6.61 Å². The maximum Gasteiger partial charge on any atom is 0.164 e. The molecule has 3 heterocycles. The summed E-state index contributed by atoms with van der Waals surface area (Å²) in [5, 5.41) is 10.7. The smallest absolute Gasteiger partial charge is 0.164 e. The van der Waals surface area contributed by atoms with Crippen LogP contribution in [0.25, 0.3) is 0 Å². The summed E-state index contributed by atoms with van der Waals surface area (Å²) in [6.07, 6.45) is -1.08. The van der Waals surface area contributed by atoms with Crippen molar-refractivity contribution in [3.63, 3.8) is 0 Å². The van der Waals surface area contributed by atoms with Gasteiger partial charge < -0.3 is 28.8 Å². The zero-order valence-corrected chi connectivity index (χ0v) is 13.2. The minimum Gasteiger partial charge on any atom is -0.387 e. The van der Waals surface area contributed by atoms with E-state index in [-0.39, 0.29) is 6.10 Å². The molecule has 4 fully saturated rings. The number of epoxide rings is 1. The van der Waals surface area contributed by atoms with Gasteiger partial charge in [-0.2, -0.15) is 0 Å². The van der Waals surface area contributed by atoms with Crippen molar-refractivity contribution >= 4 is 0 Å². The molecular formula is C15H24O6. The van der Waals surface area contributed by atoms with Gasteiger partial charge in [-0.15, -0.1) is 0 Å². The lowest BCUT2D eigenvalue weighted by molar-refractivity contribution is -0.212. The van der Waals surface area contributed by atoms with Crippen molar-refractivity contribution in [1.29, 1.82) is 0 Å². The van der Waals surface area contributed by atoms with Crippen LogP contribution in [0.4, 0.5) is 0 Å². The molecule has 0 bridgehead atoms. The van der Waals surface area contributed by atoms with E-state index < -0.39 is 41.1 Å². The fourth-order valence-corrected chi connectivity index (χ4v) is 4.30. The zero-order chi connectivity index (χ0) is 15.3. The van der Waals surface area contributed by atoms with Gasteiger partial charge in [-0.05, 0) is 34.1 Å². The third-order valence-electron chi connectivity index (χ3n) is 5.22. The van der Waals surface area contributed by atoms with Crippen molar-refractivity contribution < 1.29 is 28.8 Å². The zero-order valence-electron chi connectivity index (χ0n) is 13.2. The van der Waals surface area contributed by atoms with E-state index in [1.54, 1.807) is 0 Å². The van der Waals surface area contributed by atoms with Crippen LogP contribution in [0.15, 0.2) is 0 Å². The van der Waals surface area contributed by atoms with E-state index in [0.717, 1.165) is 0 Å². The lowest BCUT2D eigenvalue weighted by atomic mass is 9.72. The highest BCUT2D eigenvalue weighted by molar-refractivity contribution is 5.28. The molecule has 0 unspecified atom stereocenters. The van der Waals surface area contributed by atoms with Crippen LogP contribution in [0.2, 0.25) is 0 Å². The fraction of sp³-hybridized carbons (Fsp3) is 1.00. The topological polar surface area (TPSA) is 69.7 Å². The van der Waals surface area contributed by atoms with Gasteiger partial charge in [0.1, 0.15) is 30.0 Å². The van der Waals surface area contributed by atoms with Gasteiger partial charge in [0.15, 0.2) is 17.2 Å². The summed E-state index contributed by atoms with van der Waals surface area (Å²) in [6.45, 7) is 9.89. The Morgan fingerprint density at radius 2 is 1.76 bits per heavy atom. The lowest BCUT2D eigenvalue weighted by Crippen LogP contribution is -2.66. The first-order valence-electron chi connectivity index (χ1n) is 7.71. The number of hydrogen-bond acceptors (Lipinski definition) is 6. The largest absolute Gasteiger partial charge is 0.387 e. The molecule has 0 aromatic heterocycles. The molecule has 4 rings (SSSR count). The summed E-state index contributed by atoms with van der Waals surface area (Å²) in [6, 6.07) is 0. The molecule has 120 valence electrons. The summed E-state index contributed by atoms with van der Waals surface area (Å²) in [7, 11) is 0. The predicted octanol–water partition coefficient (Wildman–Crippen LogP) is 0.950. The van der Waals surface area contributed by atoms with E-state index in [4.69, 9.17) is 23.7 Å². The molecule has 6 nitrogen and oxygen atoms in total. The Bertz CT molecular complexity index is 477. The molecule has 4 aliphatic rings. The number of ether oxygens (including phenoxy) is 5. The van der Waals surface area contributed by atoms with E-state index >= 15 is 0 Å². The summed E-state index contributed by atoms with van der Waals surface area (Å²) in [5.74, 6) is -1.43. The van der Waals surface area contributed by atoms with Crippen molar-refractivity contribution in [2.75, 3.05) is 6.61 Å². The number of rotatable bonds is 1. The van der Waals surface area contributed by atoms with Crippen LogP contribution in [0.3, 0.4) is 0 Å². The van der Waals surface area contributed by atoms with E-state index in [0.29, 0.717) is 13.0 Å². The predicted molar refractivity (Wildman–Crippen MR) is 71.6 cm³/mol. The van der Waals surface area contributed by atoms with Gasteiger partial charge in [0, 0.05) is 0 Å². The molecule has 3 aliphatic heterocycles. The lowest BCUT2D eigenvalue weighted by Gasteiger charge is -2.42. The van der Waals surface area contributed by atoms with Crippen LogP contribution in [-0.2, 0) is 23.7 Å². The molecule has 21 heavy (non-hydrogen) atoms. The van der Waals surface area contributed by atoms with Crippen LogP contribution in [0.5, 0.6) is 0 Å². The average Bonchev–Trinajstić information content (AvgIpc) is 2.95. The van der Waals surface area contributed by atoms with E-state index in [9.17, 15) is 5.11 Å². The molecule has 0 amide bonds. The van der Waals surface area contributed by atoms with Crippen LogP contribution >= 0.6 is 0 Å². The number of aliphatic hydroxyl groups is 1. The third-order valence-corrected chi connectivity index (χ3v) is 5.22. The number of hydrogen-bond donors (Lipinski definition) is 1. The second-order valence-electron chi connectivity index (χ2n) is 7.52. The standard InChI is InChI=1S/C15H24O6/c1-6-14-9(16)8-10(19-13(4,5)18-8)15(11(14)20-14)7-17-12(2,3)21-15/h8-11,16H,6-7H2,1-5H3/t8-,9+,10-,11+,14+,15+/m0/s1. The van der Waals surface area contributed by atoms with E-state index in [1.165, 1.54) is 0 Å². The van der Waals surface area contributed by atoms with Crippen molar-refractivity contribution in [3.8, 4) is 0 Å². The molecule has 0 radical (unpaired) electrons. The number of fused-ring (bicyclic) bond motifs is 4. The molecule has 1 spiro atoms. The summed E-state index contributed by atoms with van der Waals surface area (Å²) in [4.78, 5) is 0. The Labute approximate surface area is 124 Å². The maximum atomic E-state index is 10.7. The summed E-state index contributed by atoms with van der Waals surface area (Å²) < 4.78 is 30.0. The quantitative estimate of drug-likeness (QED) is 0.727. The SMILES string of the molecule is CC[C@]12O[C@H]1[C@@]1(COC(C)(C)O1)[C@H]1OC(C)(C)O[C@H]1[C@H]2O. The van der Waals surface area contributed by atoms with E-state index in [2.05, 4.69) is 0 Å². The van der Waals surface area contributed by atoms with Crippen molar-refractivity contribution in [1.82, 2.24) is 0 Å². The Morgan fingerprint density at radius 1 is 1.05 bits per heavy atom. The van der Waals surface area contributed by atoms with Gasteiger partial charge in [-0.1, -0.05) is 6.92 Å². The Balaban J connectivity index is 1.76. The van der Waals surface area contributed by atoms with Crippen molar-refractivity contribution in [2.45, 2.75) is 88.2 Å². The highest BCUT2D eigenvalue weighted by atomic mass is 16.8. The molecule has 1 aliphatic carbocycles. The van der Waals surface area contributed by atoms with Crippen molar-refractivity contribution in [3.05, 3.63) is 0 Å². The molecule has 3 saturated heterocycles. The van der Waals surface area contributed by atoms with Gasteiger partial charge in [-0.25, -0.2) is 0 Å². The average molecular weight is 300 g/mol. The third kappa shape index (κ3) is 1.69. The van der Waals surface area contributed by atoms with Gasteiger partial charge >= 0.3 is 0 Å². The Hall–Kier alpha value is -0.240. The van der Waals surface area contributed by atoms with Crippen LogP contribution in [-0.4, -0.2) is 58.9 Å². The highest BCUT2D eigenvalue weighted by Gasteiger charge is 2.82. The molecule has 1 saturated carbocycles. The Morgan fingerprint density at radius 3 is 2.33 bits per heavy atom. The van der Waals surface area contributed by atoms with Crippen LogP contribution < -0.4 is 0 Å². The molecule has 1 N–H and O–H groups in total. The van der Waals surface area contributed by atoms with Crippen LogP contribution in [0, 0.1) is 0 Å². The first kappa shape index (κ1) is 14.4.